The number of carbonyl (C=O) groups is 2. The van der Waals surface area contributed by atoms with Crippen molar-refractivity contribution in [3.63, 3.8) is 0 Å². The molecule has 0 N–H and O–H groups in total. The number of thiazole rings is 1. The first kappa shape index (κ1) is 24.2. The van der Waals surface area contributed by atoms with Gasteiger partial charge in [0.15, 0.2) is 10.8 Å². The highest BCUT2D eigenvalue weighted by Crippen LogP contribution is 2.42. The van der Waals surface area contributed by atoms with Crippen LogP contribution in [0.1, 0.15) is 43.8 Å². The van der Waals surface area contributed by atoms with Crippen molar-refractivity contribution in [2.45, 2.75) is 39.3 Å². The largest absolute Gasteiger partial charge is 0.463 e. The van der Waals surface area contributed by atoms with Gasteiger partial charge in [0.1, 0.15) is 11.9 Å². The van der Waals surface area contributed by atoms with Gasteiger partial charge in [0, 0.05) is 28.2 Å². The maximum atomic E-state index is 13.8. The molecule has 0 spiro atoms. The molecule has 0 unspecified atom stereocenters. The minimum absolute atomic E-state index is 0.178. The first-order chi connectivity index (χ1) is 16.3. The van der Waals surface area contributed by atoms with Crippen LogP contribution in [0, 0.1) is 5.82 Å². The maximum absolute atomic E-state index is 13.8. The van der Waals surface area contributed by atoms with Gasteiger partial charge in [0.25, 0.3) is 0 Å². The minimum atomic E-state index is -0.763. The molecule has 3 heterocycles. The number of halogens is 2. The Morgan fingerprint density at radius 1 is 1.38 bits per heavy atom. The van der Waals surface area contributed by atoms with E-state index in [1.54, 1.807) is 33.0 Å². The van der Waals surface area contributed by atoms with Gasteiger partial charge in [-0.1, -0.05) is 22.0 Å². The number of aromatic nitrogens is 1. The average molecular weight is 549 g/mol. The number of hydrogen-bond acceptors (Lipinski definition) is 8. The average Bonchev–Trinajstić information content (AvgIpc) is 3.42. The van der Waals surface area contributed by atoms with Crippen molar-refractivity contribution in [1.82, 2.24) is 9.88 Å². The summed E-state index contributed by atoms with van der Waals surface area (Å²) in [6.45, 7) is 5.64. The van der Waals surface area contributed by atoms with Gasteiger partial charge in [-0.2, -0.15) is 4.99 Å². The standard InChI is InChI=1S/C23H22BrFN4O4S/c1-4-32-22(30)18-17-10-14(27-23(31)33-12(2)3)11-29(17)20(21-26-7-8-34-21)28-19(18)15-6-5-13(25)9-16(15)24/h5-9,12,19H,4,10-11H2,1-3H3/b27-14-/t19-/m0/s1. The maximum Gasteiger partial charge on any atom is 0.433 e. The highest BCUT2D eigenvalue weighted by atomic mass is 79.9. The summed E-state index contributed by atoms with van der Waals surface area (Å²) >= 11 is 4.81. The predicted molar refractivity (Wildman–Crippen MR) is 130 cm³/mol. The van der Waals surface area contributed by atoms with Crippen LogP contribution in [0.4, 0.5) is 9.18 Å². The molecular formula is C23H22BrFN4O4S. The molecule has 0 aliphatic carbocycles. The molecule has 1 atom stereocenters. The lowest BCUT2D eigenvalue weighted by atomic mass is 9.94. The fraction of sp³-hybridized carbons (Fsp3) is 0.348. The summed E-state index contributed by atoms with van der Waals surface area (Å²) in [5.41, 5.74) is 2.08. The molecule has 1 fully saturated rings. The third kappa shape index (κ3) is 4.95. The van der Waals surface area contributed by atoms with Crippen LogP contribution in [0.15, 0.2) is 55.5 Å². The van der Waals surface area contributed by atoms with Crippen molar-refractivity contribution in [3.05, 3.63) is 61.9 Å². The number of benzene rings is 1. The summed E-state index contributed by atoms with van der Waals surface area (Å²) in [6, 6.07) is 3.48. The molecule has 0 radical (unpaired) electrons. The van der Waals surface area contributed by atoms with E-state index in [9.17, 15) is 14.0 Å². The van der Waals surface area contributed by atoms with Crippen LogP contribution in [0.5, 0.6) is 0 Å². The van der Waals surface area contributed by atoms with Crippen molar-refractivity contribution >= 4 is 50.9 Å². The molecule has 8 nitrogen and oxygen atoms in total. The van der Waals surface area contributed by atoms with E-state index < -0.39 is 23.9 Å². The number of aliphatic imine (C=N–C) groups is 2. The fourth-order valence-corrected chi connectivity index (χ4v) is 5.01. The van der Waals surface area contributed by atoms with Crippen molar-refractivity contribution in [3.8, 4) is 0 Å². The predicted octanol–water partition coefficient (Wildman–Crippen LogP) is 5.06. The summed E-state index contributed by atoms with van der Waals surface area (Å²) in [7, 11) is 0. The van der Waals surface area contributed by atoms with Crippen LogP contribution in [-0.4, -0.2) is 52.7 Å². The molecule has 4 rings (SSSR count). The monoisotopic (exact) mass is 548 g/mol. The summed E-state index contributed by atoms with van der Waals surface area (Å²) in [4.78, 5) is 40.6. The van der Waals surface area contributed by atoms with E-state index in [0.717, 1.165) is 0 Å². The van der Waals surface area contributed by atoms with Gasteiger partial charge >= 0.3 is 12.1 Å². The number of hydrogen-bond donors (Lipinski definition) is 0. The molecule has 34 heavy (non-hydrogen) atoms. The van der Waals surface area contributed by atoms with Crippen molar-refractivity contribution in [1.29, 1.82) is 0 Å². The van der Waals surface area contributed by atoms with E-state index in [1.807, 2.05) is 10.3 Å². The zero-order valence-corrected chi connectivity index (χ0v) is 21.2. The Hall–Kier alpha value is -2.92. The molecular weight excluding hydrogens is 527 g/mol. The molecule has 11 heteroatoms. The molecule has 2 aromatic rings. The highest BCUT2D eigenvalue weighted by Gasteiger charge is 2.41. The van der Waals surface area contributed by atoms with E-state index in [4.69, 9.17) is 14.5 Å². The summed E-state index contributed by atoms with van der Waals surface area (Å²) in [6.07, 6.45) is 0.915. The number of fused-ring (bicyclic) bond motifs is 1. The normalized spacial score (nSPS) is 18.9. The topological polar surface area (TPSA) is 93.4 Å². The number of rotatable bonds is 5. The van der Waals surface area contributed by atoms with Gasteiger partial charge in [-0.25, -0.2) is 19.0 Å². The molecule has 178 valence electrons. The van der Waals surface area contributed by atoms with E-state index in [2.05, 4.69) is 25.9 Å². The van der Waals surface area contributed by atoms with Crippen LogP contribution >= 0.6 is 27.3 Å². The highest BCUT2D eigenvalue weighted by molar-refractivity contribution is 9.10. The Morgan fingerprint density at radius 2 is 2.18 bits per heavy atom. The summed E-state index contributed by atoms with van der Waals surface area (Å²) in [5.74, 6) is -0.403. The van der Waals surface area contributed by atoms with Gasteiger partial charge in [-0.15, -0.1) is 11.3 Å². The Labute approximate surface area is 208 Å². The summed E-state index contributed by atoms with van der Waals surface area (Å²) < 4.78 is 24.8. The van der Waals surface area contributed by atoms with Crippen LogP contribution in [0.2, 0.25) is 0 Å². The van der Waals surface area contributed by atoms with Gasteiger partial charge in [-0.3, -0.25) is 4.99 Å². The number of carbonyl (C=O) groups excluding carboxylic acids is 2. The number of amidine groups is 1. The smallest absolute Gasteiger partial charge is 0.433 e. The molecule has 1 aromatic carbocycles. The zero-order chi connectivity index (χ0) is 24.4. The Balaban J connectivity index is 1.87. The third-order valence-corrected chi connectivity index (χ3v) is 6.55. The lowest BCUT2D eigenvalue weighted by Crippen LogP contribution is -2.35. The minimum Gasteiger partial charge on any atom is -0.463 e. The van der Waals surface area contributed by atoms with Gasteiger partial charge < -0.3 is 14.4 Å². The molecule has 0 bridgehead atoms. The Kier molecular flexibility index (Phi) is 7.22. The Morgan fingerprint density at radius 3 is 2.82 bits per heavy atom. The fourth-order valence-electron chi connectivity index (χ4n) is 3.80. The second-order valence-electron chi connectivity index (χ2n) is 7.81. The molecule has 1 amide bonds. The lowest BCUT2D eigenvalue weighted by molar-refractivity contribution is -0.139. The van der Waals surface area contributed by atoms with Gasteiger partial charge in [-0.05, 0) is 38.5 Å². The quantitative estimate of drug-likeness (QED) is 0.485. The number of esters is 1. The molecule has 1 aromatic heterocycles. The van der Waals surface area contributed by atoms with Crippen LogP contribution in [0.3, 0.4) is 0 Å². The van der Waals surface area contributed by atoms with E-state index in [-0.39, 0.29) is 25.7 Å². The Bertz CT molecular complexity index is 1210. The zero-order valence-electron chi connectivity index (χ0n) is 18.7. The summed E-state index contributed by atoms with van der Waals surface area (Å²) in [5, 5.41) is 2.48. The number of amides is 1. The number of nitrogens with zero attached hydrogens (tertiary/aromatic N) is 4. The van der Waals surface area contributed by atoms with Crippen molar-refractivity contribution in [2.24, 2.45) is 9.98 Å². The first-order valence-corrected chi connectivity index (χ1v) is 12.3. The van der Waals surface area contributed by atoms with Crippen LogP contribution < -0.4 is 0 Å². The second kappa shape index (κ2) is 10.1. The molecule has 2 aliphatic heterocycles. The van der Waals surface area contributed by atoms with Crippen molar-refractivity contribution in [2.75, 3.05) is 13.2 Å². The van der Waals surface area contributed by atoms with Crippen molar-refractivity contribution < 1.29 is 23.5 Å². The van der Waals surface area contributed by atoms with Crippen LogP contribution in [-0.2, 0) is 14.3 Å². The van der Waals surface area contributed by atoms with E-state index >= 15 is 0 Å². The second-order valence-corrected chi connectivity index (χ2v) is 9.56. The van der Waals surface area contributed by atoms with E-state index in [0.29, 0.717) is 37.9 Å². The number of allylic oxidation sites excluding steroid dienone is 1. The third-order valence-electron chi connectivity index (χ3n) is 5.09. The molecule has 1 saturated heterocycles. The molecule has 2 aliphatic rings. The van der Waals surface area contributed by atoms with E-state index in [1.165, 1.54) is 23.5 Å². The first-order valence-electron chi connectivity index (χ1n) is 10.7. The SMILES string of the molecule is CCOC(=O)C1=C2C/C(=N/C(=O)OC(C)C)CN2C(c2nccs2)=N[C@H]1c1ccc(F)cc1Br. The van der Waals surface area contributed by atoms with Crippen LogP contribution in [0.25, 0.3) is 0 Å². The molecule has 0 saturated carbocycles. The van der Waals surface area contributed by atoms with Gasteiger partial charge in [0.05, 0.1) is 30.5 Å². The van der Waals surface area contributed by atoms with Gasteiger partial charge in [0.2, 0.25) is 0 Å². The lowest BCUT2D eigenvalue weighted by Gasteiger charge is -2.31. The number of ether oxygens (including phenoxy) is 2.